The van der Waals surface area contributed by atoms with E-state index in [4.69, 9.17) is 28.4 Å². The van der Waals surface area contributed by atoms with Crippen LogP contribution >= 0.6 is 0 Å². The van der Waals surface area contributed by atoms with Crippen molar-refractivity contribution in [3.05, 3.63) is 12.2 Å². The van der Waals surface area contributed by atoms with E-state index >= 15 is 0 Å². The molecule has 1 amide bonds. The summed E-state index contributed by atoms with van der Waals surface area (Å²) in [6.45, 7) is 1.69. The molecule has 0 aromatic carbocycles. The van der Waals surface area contributed by atoms with Crippen LogP contribution in [0.1, 0.15) is 258 Å². The standard InChI is InChI=1S/C64H121NO18/c1-3-5-7-9-11-12-13-14-15-16-17-18-19-20-21-22-23-24-25-26-27-28-29-30-31-32-33-34-36-37-39-41-48(69)47(65-52(70)42-40-38-35-10-8-6-4-2)46-78-62-58(76)55(73)60(50(44-67)80-62)83-64-59(77)56(74)61(51(45-68)81-64)82-63-57(75)54(72)53(71)49(43-66)79-63/h39,41,47-51,53-64,66-69,71-77H,3-38,40,42-46H2,1-2H3,(H,65,70)/b41-39+. The third-order valence-corrected chi connectivity index (χ3v) is 17.1. The Balaban J connectivity index is 1.34. The maximum atomic E-state index is 13.2. The largest absolute Gasteiger partial charge is 0.394 e. The molecule has 0 aromatic rings. The van der Waals surface area contributed by atoms with E-state index in [-0.39, 0.29) is 18.9 Å². The van der Waals surface area contributed by atoms with Gasteiger partial charge in [-0.3, -0.25) is 4.79 Å². The topological polar surface area (TPSA) is 307 Å². The number of ether oxygens (including phenoxy) is 6. The summed E-state index contributed by atoms with van der Waals surface area (Å²) in [6, 6.07) is -0.966. The molecule has 0 saturated carbocycles. The van der Waals surface area contributed by atoms with E-state index < -0.39 is 124 Å². The van der Waals surface area contributed by atoms with Gasteiger partial charge in [-0.15, -0.1) is 0 Å². The third-order valence-electron chi connectivity index (χ3n) is 17.1. The van der Waals surface area contributed by atoms with E-state index in [1.165, 1.54) is 173 Å². The van der Waals surface area contributed by atoms with Crippen molar-refractivity contribution in [2.75, 3.05) is 26.4 Å². The third kappa shape index (κ3) is 30.5. The first-order valence-corrected chi connectivity index (χ1v) is 33.4. The maximum absolute atomic E-state index is 13.2. The van der Waals surface area contributed by atoms with Gasteiger partial charge >= 0.3 is 0 Å². The number of rotatable bonds is 51. The van der Waals surface area contributed by atoms with Gasteiger partial charge in [-0.1, -0.05) is 244 Å². The fourth-order valence-corrected chi connectivity index (χ4v) is 11.6. The van der Waals surface area contributed by atoms with Crippen molar-refractivity contribution < 1.29 is 89.4 Å². The molecule has 0 aliphatic carbocycles. The van der Waals surface area contributed by atoms with E-state index in [0.717, 1.165) is 57.8 Å². The van der Waals surface area contributed by atoms with Gasteiger partial charge in [0.15, 0.2) is 18.9 Å². The summed E-state index contributed by atoms with van der Waals surface area (Å²) in [4.78, 5) is 13.2. The molecule has 17 atom stereocenters. The van der Waals surface area contributed by atoms with Crippen LogP contribution in [0.3, 0.4) is 0 Å². The predicted molar refractivity (Wildman–Crippen MR) is 319 cm³/mol. The molecule has 3 aliphatic heterocycles. The molecule has 3 rings (SSSR count). The molecular weight excluding hydrogens is 1070 g/mol. The van der Waals surface area contributed by atoms with Crippen molar-refractivity contribution in [3.63, 3.8) is 0 Å². The summed E-state index contributed by atoms with van der Waals surface area (Å²) in [5.74, 6) is -0.280. The van der Waals surface area contributed by atoms with Crippen molar-refractivity contribution in [2.24, 2.45) is 0 Å². The van der Waals surface area contributed by atoms with Crippen molar-refractivity contribution in [3.8, 4) is 0 Å². The van der Waals surface area contributed by atoms with Crippen LogP contribution in [0.15, 0.2) is 12.2 Å². The van der Waals surface area contributed by atoms with Crippen LogP contribution in [-0.2, 0) is 33.2 Å². The summed E-state index contributed by atoms with van der Waals surface area (Å²) < 4.78 is 34.2. The SMILES string of the molecule is CCCCCCCCCCCCCCCCCCCCCCCCCCCCCCC/C=C/C(O)C(COC1OC(CO)C(OC2OC(CO)C(OC3OC(CO)C(O)C(O)C3O)C(O)C2O)C(O)C1O)NC(=O)CCCCCCCCC. The fourth-order valence-electron chi connectivity index (χ4n) is 11.6. The molecule has 19 heteroatoms. The number of unbranched alkanes of at least 4 members (excludes halogenated alkanes) is 35. The number of carbonyl (C=O) groups excluding carboxylic acids is 1. The van der Waals surface area contributed by atoms with Gasteiger partial charge in [0, 0.05) is 6.42 Å². The summed E-state index contributed by atoms with van der Waals surface area (Å²) in [5, 5.41) is 120. The minimum Gasteiger partial charge on any atom is -0.394 e. The molecule has 0 radical (unpaired) electrons. The highest BCUT2D eigenvalue weighted by molar-refractivity contribution is 5.76. The minimum absolute atomic E-state index is 0.245. The Morgan fingerprint density at radius 2 is 0.747 bits per heavy atom. The lowest BCUT2D eigenvalue weighted by Crippen LogP contribution is -2.66. The lowest BCUT2D eigenvalue weighted by Gasteiger charge is -2.48. The van der Waals surface area contributed by atoms with E-state index in [1.807, 2.05) is 6.08 Å². The van der Waals surface area contributed by atoms with E-state index in [0.29, 0.717) is 6.42 Å². The van der Waals surface area contributed by atoms with E-state index in [1.54, 1.807) is 6.08 Å². The number of aliphatic hydroxyl groups is 11. The molecule has 0 spiro atoms. The lowest BCUT2D eigenvalue weighted by atomic mass is 9.96. The van der Waals surface area contributed by atoms with Gasteiger partial charge in [0.2, 0.25) is 5.91 Å². The fraction of sp³-hybridized carbons (Fsp3) is 0.953. The normalized spacial score (nSPS) is 29.4. The quantitative estimate of drug-likeness (QED) is 0.0205. The highest BCUT2D eigenvalue weighted by Crippen LogP contribution is 2.33. The highest BCUT2D eigenvalue weighted by atomic mass is 16.8. The van der Waals surface area contributed by atoms with Gasteiger partial charge in [0.25, 0.3) is 0 Å². The van der Waals surface area contributed by atoms with Crippen LogP contribution in [0.25, 0.3) is 0 Å². The first-order valence-electron chi connectivity index (χ1n) is 33.4. The molecule has 19 nitrogen and oxygen atoms in total. The summed E-state index contributed by atoms with van der Waals surface area (Å²) >= 11 is 0. The number of aliphatic hydroxyl groups excluding tert-OH is 11. The van der Waals surface area contributed by atoms with Gasteiger partial charge in [0.1, 0.15) is 73.2 Å². The Hall–Kier alpha value is -1.47. The maximum Gasteiger partial charge on any atom is 0.220 e. The highest BCUT2D eigenvalue weighted by Gasteiger charge is 2.53. The number of nitrogens with one attached hydrogen (secondary N) is 1. The second kappa shape index (κ2) is 47.5. The average Bonchev–Trinajstić information content (AvgIpc) is 3.25. The molecule has 3 aliphatic rings. The van der Waals surface area contributed by atoms with Gasteiger partial charge in [-0.2, -0.15) is 0 Å². The molecule has 3 fully saturated rings. The molecule has 0 bridgehead atoms. The molecule has 12 N–H and O–H groups in total. The van der Waals surface area contributed by atoms with Gasteiger partial charge in [-0.25, -0.2) is 0 Å². The number of amides is 1. The Morgan fingerprint density at radius 3 is 1.13 bits per heavy atom. The number of hydrogen-bond acceptors (Lipinski definition) is 18. The Morgan fingerprint density at radius 1 is 0.422 bits per heavy atom. The van der Waals surface area contributed by atoms with Crippen molar-refractivity contribution in [1.82, 2.24) is 5.32 Å². The summed E-state index contributed by atoms with van der Waals surface area (Å²) in [6.07, 6.45) is 24.1. The molecular formula is C64H121NO18. The monoisotopic (exact) mass is 1190 g/mol. The van der Waals surface area contributed by atoms with Crippen LogP contribution in [0.5, 0.6) is 0 Å². The van der Waals surface area contributed by atoms with Crippen LogP contribution in [-0.4, -0.2) is 193 Å². The van der Waals surface area contributed by atoms with E-state index in [9.17, 15) is 61.0 Å². The average molecular weight is 1190 g/mol. The molecule has 17 unspecified atom stereocenters. The van der Waals surface area contributed by atoms with Crippen molar-refractivity contribution >= 4 is 5.91 Å². The Kier molecular flexibility index (Phi) is 43.4. The number of carbonyl (C=O) groups is 1. The zero-order valence-electron chi connectivity index (χ0n) is 51.4. The van der Waals surface area contributed by atoms with Gasteiger partial charge < -0.3 is 89.9 Å². The van der Waals surface area contributed by atoms with Crippen LogP contribution < -0.4 is 5.32 Å². The number of allylic oxidation sites excluding steroid dienone is 1. The molecule has 3 heterocycles. The second-order valence-electron chi connectivity index (χ2n) is 24.3. The molecule has 0 aromatic heterocycles. The van der Waals surface area contributed by atoms with Crippen molar-refractivity contribution in [2.45, 2.75) is 362 Å². The summed E-state index contributed by atoms with van der Waals surface area (Å²) in [5.41, 5.74) is 0. The predicted octanol–water partition coefficient (Wildman–Crippen LogP) is 7.72. The number of hydrogen-bond donors (Lipinski definition) is 12. The second-order valence-corrected chi connectivity index (χ2v) is 24.3. The first kappa shape index (κ1) is 75.8. The van der Waals surface area contributed by atoms with Gasteiger partial charge in [0.05, 0.1) is 38.6 Å². The van der Waals surface area contributed by atoms with E-state index in [2.05, 4.69) is 19.2 Å². The molecule has 490 valence electrons. The molecule has 3 saturated heterocycles. The smallest absolute Gasteiger partial charge is 0.220 e. The van der Waals surface area contributed by atoms with Crippen LogP contribution in [0.2, 0.25) is 0 Å². The van der Waals surface area contributed by atoms with Gasteiger partial charge in [-0.05, 0) is 19.3 Å². The zero-order chi connectivity index (χ0) is 60.5. The lowest BCUT2D eigenvalue weighted by molar-refractivity contribution is -0.379. The summed E-state index contributed by atoms with van der Waals surface area (Å²) in [7, 11) is 0. The first-order chi connectivity index (χ1) is 40.3. The van der Waals surface area contributed by atoms with Crippen LogP contribution in [0, 0.1) is 0 Å². The van der Waals surface area contributed by atoms with Crippen molar-refractivity contribution in [1.29, 1.82) is 0 Å². The Labute approximate surface area is 499 Å². The molecule has 83 heavy (non-hydrogen) atoms. The van der Waals surface area contributed by atoms with Crippen LogP contribution in [0.4, 0.5) is 0 Å². The minimum atomic E-state index is -1.97. The Bertz CT molecular complexity index is 1560. The zero-order valence-corrected chi connectivity index (χ0v) is 51.4.